The first-order valence-corrected chi connectivity index (χ1v) is 0. The summed E-state index contributed by atoms with van der Waals surface area (Å²) in [7, 11) is 0. The van der Waals surface area contributed by atoms with Crippen LogP contribution in [0.15, 0.2) is 0 Å². The van der Waals surface area contributed by atoms with Gasteiger partial charge in [-0.1, -0.05) is 0 Å². The predicted molar refractivity (Wildman–Crippen MR) is 15.6 cm³/mol. The molecule has 0 aromatic carbocycles. The van der Waals surface area contributed by atoms with Crippen molar-refractivity contribution in [2.24, 2.45) is 0 Å². The van der Waals surface area contributed by atoms with Gasteiger partial charge in [0.15, 0.2) is 0 Å². The Balaban J connectivity index is 0. The van der Waals surface area contributed by atoms with E-state index >= 15 is 0 Å². The van der Waals surface area contributed by atoms with Crippen LogP contribution in [-0.2, 0) is 21.1 Å². The van der Waals surface area contributed by atoms with E-state index in [2.05, 4.69) is 0 Å². The summed E-state index contributed by atoms with van der Waals surface area (Å²) in [5.74, 6) is 0. The van der Waals surface area contributed by atoms with Crippen LogP contribution in [0.4, 0.5) is 0 Å². The molecule has 0 heterocycles. The van der Waals surface area contributed by atoms with Gasteiger partial charge in [-0.3, -0.25) is 0 Å². The van der Waals surface area contributed by atoms with Gasteiger partial charge in [0.2, 0.25) is 0 Å². The average molecular weight is 257 g/mol. The second-order valence-electron chi connectivity index (χ2n) is 0. The van der Waals surface area contributed by atoms with Gasteiger partial charge in [0.1, 0.15) is 0 Å². The molecule has 0 amide bonds. The maximum absolute atomic E-state index is 0. The Bertz CT molecular complexity index is 7.51. The van der Waals surface area contributed by atoms with Crippen molar-refractivity contribution >= 4 is 0 Å². The van der Waals surface area contributed by atoms with Crippen LogP contribution in [0, 0.1) is 0 Å². The third kappa shape index (κ3) is 104. The van der Waals surface area contributed by atoms with Crippen molar-refractivity contribution in [3.05, 3.63) is 0 Å². The fourth-order valence-electron chi connectivity index (χ4n) is 0. The Labute approximate surface area is 45.2 Å². The fraction of sp³-hybridized carbons (Fsp3) is 0. The Morgan fingerprint density at radius 3 is 0.600 bits per heavy atom. The number of rotatable bonds is 0. The molecule has 0 unspecified atom stereocenters. The second kappa shape index (κ2) is 202. The molecule has 0 aliphatic rings. The zero-order valence-corrected chi connectivity index (χ0v) is 5.34. The van der Waals surface area contributed by atoms with E-state index in [4.69, 9.17) is 0 Å². The molecular weight excluding hydrogens is 248 g/mol. The molecule has 0 rings (SSSR count). The molecular formula is H9O4W+. The van der Waals surface area contributed by atoms with Gasteiger partial charge in [-0.05, 0) is 0 Å². The van der Waals surface area contributed by atoms with E-state index in [9.17, 15) is 0 Å². The van der Waals surface area contributed by atoms with E-state index in [0.29, 0.717) is 0 Å². The van der Waals surface area contributed by atoms with Crippen molar-refractivity contribution in [2.45, 2.75) is 0 Å². The summed E-state index contributed by atoms with van der Waals surface area (Å²) in [6.07, 6.45) is 0. The number of hydrogen-bond acceptors (Lipinski definition) is 0. The van der Waals surface area contributed by atoms with E-state index in [1.54, 1.807) is 0 Å². The topological polar surface area (TPSA) is 126 Å². The van der Waals surface area contributed by atoms with Crippen molar-refractivity contribution < 1.29 is 44.4 Å². The molecule has 0 bridgehead atoms. The first-order chi connectivity index (χ1) is 0. The average Bonchev–Trinajstić information content (AvgIpc) is 0. The Kier molecular flexibility index (Phi) is 16400. The van der Waals surface area contributed by atoms with Crippen LogP contribution >= 0.6 is 0 Å². The van der Waals surface area contributed by atoms with Gasteiger partial charge in [-0.25, -0.2) is 0 Å². The summed E-state index contributed by atoms with van der Waals surface area (Å²) in [6.45, 7) is 0. The van der Waals surface area contributed by atoms with Crippen LogP contribution < -0.4 is 0 Å². The van der Waals surface area contributed by atoms with E-state index in [1.807, 2.05) is 0 Å². The maximum atomic E-state index is 0. The van der Waals surface area contributed by atoms with Crippen molar-refractivity contribution in [3.63, 3.8) is 0 Å². The molecule has 0 aromatic heterocycles. The third-order valence-corrected chi connectivity index (χ3v) is 0. The first-order valence-electron chi connectivity index (χ1n) is 0. The second-order valence-corrected chi connectivity index (χ2v) is 0. The van der Waals surface area contributed by atoms with Crippen LogP contribution in [-0.4, -0.2) is 21.9 Å². The molecule has 4 nitrogen and oxygen atoms in total. The Morgan fingerprint density at radius 2 is 0.600 bits per heavy atom. The summed E-state index contributed by atoms with van der Waals surface area (Å²) in [4.78, 5) is 0. The van der Waals surface area contributed by atoms with Gasteiger partial charge in [0.25, 0.3) is 0 Å². The zero-order chi connectivity index (χ0) is 0. The Hall–Kier alpha value is 0.528. The van der Waals surface area contributed by atoms with E-state index < -0.39 is 0 Å². The van der Waals surface area contributed by atoms with Crippen LogP contribution in [0.1, 0.15) is 1.43 Å². The zero-order valence-electron chi connectivity index (χ0n) is 3.41. The smallest absolute Gasteiger partial charge is 0.412 e. The molecule has 0 radical (unpaired) electrons. The maximum Gasteiger partial charge on any atom is 1.00 e. The monoisotopic (exact) mass is 257 g/mol. The summed E-state index contributed by atoms with van der Waals surface area (Å²) >= 11 is 0. The van der Waals surface area contributed by atoms with E-state index in [0.717, 1.165) is 0 Å². The molecule has 0 fully saturated rings. The van der Waals surface area contributed by atoms with Crippen LogP contribution in [0.3, 0.4) is 0 Å². The van der Waals surface area contributed by atoms with Crippen molar-refractivity contribution in [2.75, 3.05) is 0 Å². The van der Waals surface area contributed by atoms with Crippen molar-refractivity contribution in [1.29, 1.82) is 0 Å². The molecule has 0 atom stereocenters. The molecule has 0 aromatic rings. The van der Waals surface area contributed by atoms with Gasteiger partial charge in [0, 0.05) is 21.1 Å². The van der Waals surface area contributed by atoms with Crippen LogP contribution in [0.2, 0.25) is 0 Å². The van der Waals surface area contributed by atoms with Gasteiger partial charge in [0.05, 0.1) is 0 Å². The normalized spacial score (nSPS) is 0. The molecule has 0 saturated heterocycles. The van der Waals surface area contributed by atoms with E-state index in [1.165, 1.54) is 0 Å². The van der Waals surface area contributed by atoms with Gasteiger partial charge < -0.3 is 21.9 Å². The molecule has 0 spiro atoms. The predicted octanol–water partition coefficient (Wildman–Crippen LogP) is -3.19. The molecule has 0 aliphatic carbocycles. The molecule has 0 saturated carbocycles. The summed E-state index contributed by atoms with van der Waals surface area (Å²) in [5.41, 5.74) is 0. The summed E-state index contributed by atoms with van der Waals surface area (Å²) in [5, 5.41) is 0. The largest absolute Gasteiger partial charge is 1.00 e. The molecule has 8 N–H and O–H groups in total. The van der Waals surface area contributed by atoms with Gasteiger partial charge >= 0.3 is 1.43 Å². The van der Waals surface area contributed by atoms with Crippen LogP contribution in [0.5, 0.6) is 0 Å². The third-order valence-electron chi connectivity index (χ3n) is 0. The molecule has 5 heteroatoms. The van der Waals surface area contributed by atoms with Crippen LogP contribution in [0.25, 0.3) is 0 Å². The molecule has 0 aliphatic heterocycles. The first kappa shape index (κ1) is 406. The minimum absolute atomic E-state index is 0. The molecule has 5 heavy (non-hydrogen) atoms. The SMILES string of the molecule is O.O.O.O.[H+].[W]. The Morgan fingerprint density at radius 1 is 0.600 bits per heavy atom. The molecule has 38 valence electrons. The fourth-order valence-corrected chi connectivity index (χ4v) is 0. The van der Waals surface area contributed by atoms with Crippen molar-refractivity contribution in [1.82, 2.24) is 0 Å². The van der Waals surface area contributed by atoms with E-state index in [-0.39, 0.29) is 44.4 Å². The van der Waals surface area contributed by atoms with Crippen molar-refractivity contribution in [3.8, 4) is 0 Å². The quantitative estimate of drug-likeness (QED) is 0.433. The number of hydrogen-bond donors (Lipinski definition) is 0. The minimum Gasteiger partial charge on any atom is -0.412 e. The minimum atomic E-state index is 0. The summed E-state index contributed by atoms with van der Waals surface area (Å²) < 4.78 is 0. The van der Waals surface area contributed by atoms with Gasteiger partial charge in [-0.15, -0.1) is 0 Å². The standard InChI is InChI=1S/4H2O.W/h4*1H2;/p+1. The summed E-state index contributed by atoms with van der Waals surface area (Å²) in [6, 6.07) is 0. The van der Waals surface area contributed by atoms with Gasteiger partial charge in [-0.2, -0.15) is 0 Å².